The number of hydrogen-bond donors (Lipinski definition) is 0. The second-order valence-corrected chi connectivity index (χ2v) is 3.81. The predicted octanol–water partition coefficient (Wildman–Crippen LogP) is 5.26. The molecule has 0 N–H and O–H groups in total. The fourth-order valence-corrected chi connectivity index (χ4v) is 1.54. The van der Waals surface area contributed by atoms with Crippen LogP contribution in [0.15, 0.2) is 41.7 Å². The van der Waals surface area contributed by atoms with E-state index in [4.69, 9.17) is 0 Å². The molecule has 0 aliphatic rings. The maximum Gasteiger partial charge on any atom is -0.0213 e. The minimum Gasteiger partial charge on any atom is -0.106 e. The van der Waals surface area contributed by atoms with Gasteiger partial charge in [-0.1, -0.05) is 50.3 Å². The highest BCUT2D eigenvalue weighted by Crippen LogP contribution is 2.18. The first-order valence-corrected chi connectivity index (χ1v) is 6.18. The number of thioether (sulfide) groups is 1. The second kappa shape index (κ2) is 8.37. The monoisotopic (exact) mass is 220 g/mol. The molecule has 0 amide bonds. The number of rotatable bonds is 3. The van der Waals surface area contributed by atoms with Gasteiger partial charge < -0.3 is 0 Å². The molecule has 1 aromatic carbocycles. The molecule has 0 aromatic heterocycles. The minimum atomic E-state index is 1.29. The summed E-state index contributed by atoms with van der Waals surface area (Å²) in [5.41, 5.74) is 3.87. The van der Waals surface area contributed by atoms with Crippen molar-refractivity contribution in [1.82, 2.24) is 0 Å². The van der Waals surface area contributed by atoms with Crippen molar-refractivity contribution in [3.63, 3.8) is 0 Å². The first-order chi connectivity index (χ1) is 7.24. The third kappa shape index (κ3) is 5.48. The van der Waals surface area contributed by atoms with E-state index in [9.17, 15) is 0 Å². The number of hydrogen-bond acceptors (Lipinski definition) is 1. The molecule has 0 unspecified atom stereocenters. The Morgan fingerprint density at radius 2 is 2.00 bits per heavy atom. The highest BCUT2D eigenvalue weighted by atomic mass is 32.2. The SMILES string of the molecule is C=CS/C=C(\C)c1cccc(C)c1.CC. The maximum absolute atomic E-state index is 3.66. The summed E-state index contributed by atoms with van der Waals surface area (Å²) < 4.78 is 0. The van der Waals surface area contributed by atoms with Crippen LogP contribution in [0.4, 0.5) is 0 Å². The Morgan fingerprint density at radius 3 is 2.53 bits per heavy atom. The van der Waals surface area contributed by atoms with Crippen LogP contribution in [0.5, 0.6) is 0 Å². The van der Waals surface area contributed by atoms with Crippen molar-refractivity contribution in [2.24, 2.45) is 0 Å². The Kier molecular flexibility index (Phi) is 7.84. The largest absolute Gasteiger partial charge is 0.106 e. The van der Waals surface area contributed by atoms with Crippen LogP contribution in [-0.2, 0) is 0 Å². The Bertz CT molecular complexity index is 324. The van der Waals surface area contributed by atoms with Crippen LogP contribution in [0.25, 0.3) is 5.57 Å². The Balaban J connectivity index is 0.000000921. The van der Waals surface area contributed by atoms with Crippen LogP contribution in [0, 0.1) is 6.92 Å². The molecule has 0 nitrogen and oxygen atoms in total. The summed E-state index contributed by atoms with van der Waals surface area (Å²) in [7, 11) is 0. The van der Waals surface area contributed by atoms with Gasteiger partial charge in [-0.05, 0) is 35.8 Å². The van der Waals surface area contributed by atoms with E-state index >= 15 is 0 Å². The van der Waals surface area contributed by atoms with Crippen molar-refractivity contribution in [2.45, 2.75) is 27.7 Å². The minimum absolute atomic E-state index is 1.29. The molecule has 0 spiro atoms. The molecule has 1 rings (SSSR count). The summed E-state index contributed by atoms with van der Waals surface area (Å²) in [6.45, 7) is 11.9. The van der Waals surface area contributed by atoms with Crippen molar-refractivity contribution in [3.05, 3.63) is 52.8 Å². The number of benzene rings is 1. The van der Waals surface area contributed by atoms with Crippen molar-refractivity contribution in [3.8, 4) is 0 Å². The van der Waals surface area contributed by atoms with Crippen LogP contribution in [0.3, 0.4) is 0 Å². The summed E-state index contributed by atoms with van der Waals surface area (Å²) in [4.78, 5) is 0. The Morgan fingerprint density at radius 1 is 1.33 bits per heavy atom. The molecule has 82 valence electrons. The molecular formula is C14H20S. The average molecular weight is 220 g/mol. The highest BCUT2D eigenvalue weighted by Gasteiger charge is 1.94. The number of allylic oxidation sites excluding steroid dienone is 1. The van der Waals surface area contributed by atoms with E-state index in [0.29, 0.717) is 0 Å². The van der Waals surface area contributed by atoms with E-state index in [-0.39, 0.29) is 0 Å². The fraction of sp³-hybridized carbons (Fsp3) is 0.286. The third-order valence-electron chi connectivity index (χ3n) is 1.81. The first kappa shape index (κ1) is 14.1. The Hall–Kier alpha value is -0.950. The highest BCUT2D eigenvalue weighted by molar-refractivity contribution is 8.05. The lowest BCUT2D eigenvalue weighted by Gasteiger charge is -2.01. The first-order valence-electron chi connectivity index (χ1n) is 5.24. The van der Waals surface area contributed by atoms with Gasteiger partial charge in [0.05, 0.1) is 0 Å². The normalized spacial score (nSPS) is 10.3. The van der Waals surface area contributed by atoms with Gasteiger partial charge in [0.2, 0.25) is 0 Å². The van der Waals surface area contributed by atoms with E-state index < -0.39 is 0 Å². The van der Waals surface area contributed by atoms with Gasteiger partial charge in [-0.15, -0.1) is 11.8 Å². The van der Waals surface area contributed by atoms with Crippen LogP contribution in [0.1, 0.15) is 31.9 Å². The smallest absolute Gasteiger partial charge is 0.0213 e. The van der Waals surface area contributed by atoms with Gasteiger partial charge in [0.25, 0.3) is 0 Å². The molecule has 0 bridgehead atoms. The molecular weight excluding hydrogens is 200 g/mol. The van der Waals surface area contributed by atoms with E-state index in [1.165, 1.54) is 16.7 Å². The molecule has 1 heteroatoms. The van der Waals surface area contributed by atoms with E-state index in [2.05, 4.69) is 50.1 Å². The third-order valence-corrected chi connectivity index (χ3v) is 2.50. The lowest BCUT2D eigenvalue weighted by Crippen LogP contribution is -1.79. The van der Waals surface area contributed by atoms with Crippen LogP contribution < -0.4 is 0 Å². The van der Waals surface area contributed by atoms with E-state index in [1.807, 2.05) is 19.3 Å². The zero-order valence-corrected chi connectivity index (χ0v) is 10.9. The van der Waals surface area contributed by atoms with Crippen LogP contribution >= 0.6 is 11.8 Å². The molecule has 0 heterocycles. The van der Waals surface area contributed by atoms with Crippen molar-refractivity contribution in [2.75, 3.05) is 0 Å². The molecule has 15 heavy (non-hydrogen) atoms. The van der Waals surface area contributed by atoms with Gasteiger partial charge in [-0.2, -0.15) is 0 Å². The quantitative estimate of drug-likeness (QED) is 0.669. The van der Waals surface area contributed by atoms with E-state index in [0.717, 1.165) is 0 Å². The maximum atomic E-state index is 3.66. The molecule has 0 aliphatic carbocycles. The van der Waals surface area contributed by atoms with Gasteiger partial charge in [0.1, 0.15) is 0 Å². The van der Waals surface area contributed by atoms with E-state index in [1.54, 1.807) is 11.8 Å². The van der Waals surface area contributed by atoms with Gasteiger partial charge in [0, 0.05) is 0 Å². The van der Waals surface area contributed by atoms with Crippen molar-refractivity contribution < 1.29 is 0 Å². The molecule has 0 radical (unpaired) electrons. The topological polar surface area (TPSA) is 0 Å². The van der Waals surface area contributed by atoms with Crippen molar-refractivity contribution >= 4 is 17.3 Å². The standard InChI is InChI=1S/C12H14S.C2H6/c1-4-13-9-11(3)12-7-5-6-10(2)8-12;1-2/h4-9H,1H2,2-3H3;1-2H3/b11-9+;. The van der Waals surface area contributed by atoms with Crippen LogP contribution in [-0.4, -0.2) is 0 Å². The second-order valence-electron chi connectivity index (χ2n) is 2.97. The fourth-order valence-electron chi connectivity index (χ4n) is 1.11. The molecule has 0 fully saturated rings. The molecule has 0 saturated heterocycles. The van der Waals surface area contributed by atoms with Crippen LogP contribution in [0.2, 0.25) is 0 Å². The summed E-state index contributed by atoms with van der Waals surface area (Å²) in [6, 6.07) is 8.51. The molecule has 0 atom stereocenters. The van der Waals surface area contributed by atoms with Gasteiger partial charge >= 0.3 is 0 Å². The predicted molar refractivity (Wildman–Crippen MR) is 74.0 cm³/mol. The summed E-state index contributed by atoms with van der Waals surface area (Å²) in [5.74, 6) is 0. The molecule has 1 aromatic rings. The van der Waals surface area contributed by atoms with Crippen molar-refractivity contribution in [1.29, 1.82) is 0 Å². The zero-order chi connectivity index (χ0) is 11.7. The van der Waals surface area contributed by atoms with Gasteiger partial charge in [-0.25, -0.2) is 0 Å². The average Bonchev–Trinajstić information content (AvgIpc) is 2.28. The molecule has 0 saturated carbocycles. The summed E-state index contributed by atoms with van der Waals surface area (Å²) >= 11 is 1.62. The lowest BCUT2D eigenvalue weighted by atomic mass is 10.1. The Labute approximate surface area is 98.1 Å². The summed E-state index contributed by atoms with van der Waals surface area (Å²) in [6.07, 6.45) is 0. The number of aryl methyl sites for hydroxylation is 1. The van der Waals surface area contributed by atoms with Gasteiger partial charge in [-0.3, -0.25) is 0 Å². The van der Waals surface area contributed by atoms with Gasteiger partial charge in [0.15, 0.2) is 0 Å². The summed E-state index contributed by atoms with van der Waals surface area (Å²) in [5, 5.41) is 3.95. The lowest BCUT2D eigenvalue weighted by molar-refractivity contribution is 1.44. The zero-order valence-electron chi connectivity index (χ0n) is 10.1. The molecule has 0 aliphatic heterocycles.